The van der Waals surface area contributed by atoms with E-state index < -0.39 is 0 Å². The Hall–Kier alpha value is -0.930. The van der Waals surface area contributed by atoms with Gasteiger partial charge in [-0.05, 0) is 23.1 Å². The van der Waals surface area contributed by atoms with E-state index in [0.29, 0.717) is 0 Å². The molecule has 3 heteroatoms. The summed E-state index contributed by atoms with van der Waals surface area (Å²) in [5.41, 5.74) is 13.2. The maximum Gasteiger partial charge on any atom is 0.0454 e. The molecule has 0 aliphatic rings. The van der Waals surface area contributed by atoms with Crippen molar-refractivity contribution in [2.75, 3.05) is 0 Å². The molecular weight excluding hydrogens is 174 g/mol. The summed E-state index contributed by atoms with van der Waals surface area (Å²) in [5.74, 6) is 0. The highest BCUT2D eigenvalue weighted by Crippen LogP contribution is 2.26. The zero-order valence-corrected chi connectivity index (χ0v) is 9.07. The highest BCUT2D eigenvalue weighted by molar-refractivity contribution is 5.17. The summed E-state index contributed by atoms with van der Waals surface area (Å²) < 4.78 is 0. The maximum absolute atomic E-state index is 6.08. The van der Waals surface area contributed by atoms with E-state index in [1.807, 2.05) is 12.1 Å². The van der Waals surface area contributed by atoms with Gasteiger partial charge in [0.2, 0.25) is 0 Å². The Kier molecular flexibility index (Phi) is 3.24. The summed E-state index contributed by atoms with van der Waals surface area (Å²) in [6, 6.07) is 3.65. The van der Waals surface area contributed by atoms with Crippen LogP contribution in [0.4, 0.5) is 0 Å². The lowest BCUT2D eigenvalue weighted by molar-refractivity contribution is 0.282. The summed E-state index contributed by atoms with van der Waals surface area (Å²) in [7, 11) is 0. The monoisotopic (exact) mass is 193 g/mol. The number of pyridine rings is 1. The molecule has 0 saturated carbocycles. The van der Waals surface area contributed by atoms with Crippen molar-refractivity contribution in [3.05, 3.63) is 30.1 Å². The molecule has 2 atom stereocenters. The summed E-state index contributed by atoms with van der Waals surface area (Å²) in [6.45, 7) is 6.29. The summed E-state index contributed by atoms with van der Waals surface area (Å²) >= 11 is 0. The van der Waals surface area contributed by atoms with Gasteiger partial charge in [0.05, 0.1) is 0 Å². The molecule has 0 fully saturated rings. The Morgan fingerprint density at radius 2 is 1.64 bits per heavy atom. The summed E-state index contributed by atoms with van der Waals surface area (Å²) in [6.07, 6.45) is 3.48. The van der Waals surface area contributed by atoms with E-state index in [4.69, 9.17) is 11.5 Å². The topological polar surface area (TPSA) is 64.9 Å². The van der Waals surface area contributed by atoms with Gasteiger partial charge in [-0.2, -0.15) is 0 Å². The minimum absolute atomic E-state index is 0.0166. The van der Waals surface area contributed by atoms with Crippen LogP contribution in [0.1, 0.15) is 32.4 Å². The molecular formula is C11H19N3. The van der Waals surface area contributed by atoms with E-state index in [9.17, 15) is 0 Å². The Balaban J connectivity index is 2.81. The molecule has 0 aromatic carbocycles. The SMILES string of the molecule is CC(C)(C)C(N)C(N)c1ccncc1. The second kappa shape index (κ2) is 4.07. The molecule has 2 unspecified atom stereocenters. The van der Waals surface area contributed by atoms with E-state index in [1.54, 1.807) is 12.4 Å². The zero-order valence-electron chi connectivity index (χ0n) is 9.07. The van der Waals surface area contributed by atoms with Gasteiger partial charge in [-0.15, -0.1) is 0 Å². The first-order valence-electron chi connectivity index (χ1n) is 4.84. The van der Waals surface area contributed by atoms with Crippen LogP contribution in [0.25, 0.3) is 0 Å². The van der Waals surface area contributed by atoms with Gasteiger partial charge in [0, 0.05) is 24.5 Å². The van der Waals surface area contributed by atoms with Crippen molar-refractivity contribution in [1.82, 2.24) is 4.98 Å². The summed E-state index contributed by atoms with van der Waals surface area (Å²) in [5, 5.41) is 0. The third kappa shape index (κ3) is 2.53. The zero-order chi connectivity index (χ0) is 10.8. The molecule has 3 nitrogen and oxygen atoms in total. The molecule has 0 radical (unpaired) electrons. The van der Waals surface area contributed by atoms with Gasteiger partial charge < -0.3 is 11.5 Å². The molecule has 1 aromatic rings. The van der Waals surface area contributed by atoms with Gasteiger partial charge in [0.1, 0.15) is 0 Å². The fourth-order valence-corrected chi connectivity index (χ4v) is 1.33. The first-order chi connectivity index (χ1) is 6.43. The van der Waals surface area contributed by atoms with Crippen LogP contribution in [-0.2, 0) is 0 Å². The molecule has 0 bridgehead atoms. The quantitative estimate of drug-likeness (QED) is 0.747. The van der Waals surface area contributed by atoms with Crippen molar-refractivity contribution in [2.45, 2.75) is 32.9 Å². The molecule has 1 aromatic heterocycles. The largest absolute Gasteiger partial charge is 0.326 e. The van der Waals surface area contributed by atoms with Crippen molar-refractivity contribution in [1.29, 1.82) is 0 Å². The van der Waals surface area contributed by atoms with E-state index >= 15 is 0 Å². The average molecular weight is 193 g/mol. The van der Waals surface area contributed by atoms with Gasteiger partial charge >= 0.3 is 0 Å². The lowest BCUT2D eigenvalue weighted by atomic mass is 9.81. The highest BCUT2D eigenvalue weighted by Gasteiger charge is 2.27. The average Bonchev–Trinajstić information content (AvgIpc) is 2.15. The first-order valence-corrected chi connectivity index (χ1v) is 4.84. The Labute approximate surface area is 85.5 Å². The predicted molar refractivity (Wildman–Crippen MR) is 58.6 cm³/mol. The summed E-state index contributed by atoms with van der Waals surface area (Å²) in [4.78, 5) is 3.95. The number of nitrogens with zero attached hydrogens (tertiary/aromatic N) is 1. The van der Waals surface area contributed by atoms with Gasteiger partial charge in [-0.25, -0.2) is 0 Å². The maximum atomic E-state index is 6.08. The molecule has 0 aliphatic heterocycles. The normalized spacial score (nSPS) is 16.4. The van der Waals surface area contributed by atoms with Gasteiger partial charge in [-0.3, -0.25) is 4.98 Å². The second-order valence-electron chi connectivity index (χ2n) is 4.70. The van der Waals surface area contributed by atoms with Crippen molar-refractivity contribution in [3.63, 3.8) is 0 Å². The lowest BCUT2D eigenvalue weighted by Gasteiger charge is -2.32. The predicted octanol–water partition coefficient (Wildman–Crippen LogP) is 1.45. The van der Waals surface area contributed by atoms with E-state index in [2.05, 4.69) is 25.8 Å². The molecule has 14 heavy (non-hydrogen) atoms. The van der Waals surface area contributed by atoms with Crippen LogP contribution < -0.4 is 11.5 Å². The van der Waals surface area contributed by atoms with Gasteiger partial charge in [0.15, 0.2) is 0 Å². The number of hydrogen-bond donors (Lipinski definition) is 2. The number of aromatic nitrogens is 1. The molecule has 1 rings (SSSR count). The number of hydrogen-bond acceptors (Lipinski definition) is 3. The number of nitrogens with two attached hydrogens (primary N) is 2. The second-order valence-corrected chi connectivity index (χ2v) is 4.70. The standard InChI is InChI=1S/C11H19N3/c1-11(2,3)10(13)9(12)8-4-6-14-7-5-8/h4-7,9-10H,12-13H2,1-3H3. The minimum Gasteiger partial charge on any atom is -0.326 e. The van der Waals surface area contributed by atoms with Crippen LogP contribution in [0.2, 0.25) is 0 Å². The first kappa shape index (κ1) is 11.1. The molecule has 0 saturated heterocycles. The molecule has 4 N–H and O–H groups in total. The van der Waals surface area contributed by atoms with Crippen LogP contribution in [0, 0.1) is 5.41 Å². The third-order valence-corrected chi connectivity index (χ3v) is 2.48. The van der Waals surface area contributed by atoms with Crippen molar-refractivity contribution in [2.24, 2.45) is 16.9 Å². The minimum atomic E-state index is -0.127. The van der Waals surface area contributed by atoms with Gasteiger partial charge in [-0.1, -0.05) is 20.8 Å². The van der Waals surface area contributed by atoms with E-state index in [1.165, 1.54) is 0 Å². The third-order valence-electron chi connectivity index (χ3n) is 2.48. The Morgan fingerprint density at radius 1 is 1.14 bits per heavy atom. The van der Waals surface area contributed by atoms with E-state index in [0.717, 1.165) is 5.56 Å². The molecule has 0 spiro atoms. The van der Waals surface area contributed by atoms with Crippen LogP contribution in [0.3, 0.4) is 0 Å². The Morgan fingerprint density at radius 3 is 2.07 bits per heavy atom. The van der Waals surface area contributed by atoms with Crippen molar-refractivity contribution < 1.29 is 0 Å². The number of rotatable bonds is 2. The molecule has 0 amide bonds. The smallest absolute Gasteiger partial charge is 0.0454 e. The van der Waals surface area contributed by atoms with Crippen LogP contribution in [0.5, 0.6) is 0 Å². The van der Waals surface area contributed by atoms with E-state index in [-0.39, 0.29) is 17.5 Å². The van der Waals surface area contributed by atoms with Crippen LogP contribution >= 0.6 is 0 Å². The van der Waals surface area contributed by atoms with Crippen LogP contribution in [0.15, 0.2) is 24.5 Å². The highest BCUT2D eigenvalue weighted by atomic mass is 14.8. The Bertz CT molecular complexity index is 276. The molecule has 78 valence electrons. The van der Waals surface area contributed by atoms with Crippen molar-refractivity contribution >= 4 is 0 Å². The molecule has 0 aliphatic carbocycles. The van der Waals surface area contributed by atoms with Crippen LogP contribution in [-0.4, -0.2) is 11.0 Å². The van der Waals surface area contributed by atoms with Crippen molar-refractivity contribution in [3.8, 4) is 0 Å². The fourth-order valence-electron chi connectivity index (χ4n) is 1.33. The molecule has 1 heterocycles. The van der Waals surface area contributed by atoms with Gasteiger partial charge in [0.25, 0.3) is 0 Å². The lowest BCUT2D eigenvalue weighted by Crippen LogP contribution is -2.44. The fraction of sp³-hybridized carbons (Fsp3) is 0.545.